The molecule has 1 fully saturated rings. The lowest BCUT2D eigenvalue weighted by atomic mass is 10.1. The van der Waals surface area contributed by atoms with Gasteiger partial charge < -0.3 is 4.90 Å². The van der Waals surface area contributed by atoms with Gasteiger partial charge in [0, 0.05) is 10.9 Å². The molecule has 1 aliphatic carbocycles. The van der Waals surface area contributed by atoms with Crippen LogP contribution in [-0.2, 0) is 6.54 Å². The SMILES string of the molecule is Cc1nnc(N(Cc2cccs2)C2CC2)c(C#N)c1C. The van der Waals surface area contributed by atoms with E-state index in [1.165, 1.54) is 17.7 Å². The van der Waals surface area contributed by atoms with E-state index >= 15 is 0 Å². The largest absolute Gasteiger partial charge is 0.346 e. The summed E-state index contributed by atoms with van der Waals surface area (Å²) in [5.74, 6) is 0.742. The van der Waals surface area contributed by atoms with Gasteiger partial charge in [-0.1, -0.05) is 6.07 Å². The van der Waals surface area contributed by atoms with Gasteiger partial charge in [0.2, 0.25) is 0 Å². The molecule has 0 aromatic carbocycles. The van der Waals surface area contributed by atoms with Crippen LogP contribution in [0.5, 0.6) is 0 Å². The molecule has 0 radical (unpaired) electrons. The lowest BCUT2D eigenvalue weighted by Gasteiger charge is -2.24. The number of anilines is 1. The monoisotopic (exact) mass is 284 g/mol. The molecule has 0 unspecified atom stereocenters. The zero-order chi connectivity index (χ0) is 14.1. The second-order valence-electron chi connectivity index (χ2n) is 5.16. The Labute approximate surface area is 122 Å². The van der Waals surface area contributed by atoms with Gasteiger partial charge in [0.1, 0.15) is 11.6 Å². The standard InChI is InChI=1S/C15H16N4S/c1-10-11(2)17-18-15(14(10)8-16)19(12-5-6-12)9-13-4-3-7-20-13/h3-4,7,12H,5-6,9H2,1-2H3. The predicted molar refractivity (Wildman–Crippen MR) is 79.7 cm³/mol. The van der Waals surface area contributed by atoms with Crippen molar-refractivity contribution in [1.82, 2.24) is 10.2 Å². The van der Waals surface area contributed by atoms with E-state index in [9.17, 15) is 5.26 Å². The lowest BCUT2D eigenvalue weighted by molar-refractivity contribution is 0.763. The van der Waals surface area contributed by atoms with E-state index in [-0.39, 0.29) is 0 Å². The van der Waals surface area contributed by atoms with E-state index in [0.29, 0.717) is 11.6 Å². The molecular weight excluding hydrogens is 268 g/mol. The molecule has 1 saturated carbocycles. The number of aryl methyl sites for hydroxylation is 1. The molecule has 5 heteroatoms. The summed E-state index contributed by atoms with van der Waals surface area (Å²) >= 11 is 1.74. The molecule has 2 heterocycles. The highest BCUT2D eigenvalue weighted by molar-refractivity contribution is 7.09. The number of rotatable bonds is 4. The minimum absolute atomic E-state index is 0.501. The normalized spacial score (nSPS) is 14.1. The molecule has 102 valence electrons. The first-order chi connectivity index (χ1) is 9.70. The predicted octanol–water partition coefficient (Wildman–Crippen LogP) is 3.20. The van der Waals surface area contributed by atoms with Crippen LogP contribution in [-0.4, -0.2) is 16.2 Å². The molecule has 0 spiro atoms. The maximum Gasteiger partial charge on any atom is 0.170 e. The Morgan fingerprint density at radius 2 is 2.20 bits per heavy atom. The van der Waals surface area contributed by atoms with Gasteiger partial charge in [-0.3, -0.25) is 0 Å². The van der Waals surface area contributed by atoms with Gasteiger partial charge in [0.15, 0.2) is 5.82 Å². The summed E-state index contributed by atoms with van der Waals surface area (Å²) in [5.41, 5.74) is 2.44. The molecule has 2 aromatic rings. The highest BCUT2D eigenvalue weighted by Crippen LogP contribution is 2.35. The molecule has 0 atom stereocenters. The van der Waals surface area contributed by atoms with Crippen LogP contribution in [0.3, 0.4) is 0 Å². The molecule has 20 heavy (non-hydrogen) atoms. The molecule has 0 amide bonds. The summed E-state index contributed by atoms with van der Waals surface area (Å²) in [6.45, 7) is 4.66. The third-order valence-corrected chi connectivity index (χ3v) is 4.57. The zero-order valence-electron chi connectivity index (χ0n) is 11.6. The van der Waals surface area contributed by atoms with Crippen LogP contribution in [0, 0.1) is 25.2 Å². The second-order valence-corrected chi connectivity index (χ2v) is 6.19. The van der Waals surface area contributed by atoms with Gasteiger partial charge in [-0.25, -0.2) is 0 Å². The van der Waals surface area contributed by atoms with Gasteiger partial charge in [0.05, 0.1) is 12.2 Å². The highest BCUT2D eigenvalue weighted by Gasteiger charge is 2.32. The molecule has 0 aliphatic heterocycles. The minimum atomic E-state index is 0.501. The molecule has 0 bridgehead atoms. The van der Waals surface area contributed by atoms with E-state index in [0.717, 1.165) is 23.6 Å². The Kier molecular flexibility index (Phi) is 3.41. The fourth-order valence-corrected chi connectivity index (χ4v) is 2.97. The van der Waals surface area contributed by atoms with Crippen molar-refractivity contribution in [3.05, 3.63) is 39.2 Å². The van der Waals surface area contributed by atoms with E-state index in [2.05, 4.69) is 38.7 Å². The molecular formula is C15H16N4S. The summed E-state index contributed by atoms with van der Waals surface area (Å²) < 4.78 is 0. The first-order valence-electron chi connectivity index (χ1n) is 6.73. The highest BCUT2D eigenvalue weighted by atomic mass is 32.1. The molecule has 4 nitrogen and oxygen atoms in total. The number of aromatic nitrogens is 2. The van der Waals surface area contributed by atoms with Gasteiger partial charge >= 0.3 is 0 Å². The molecule has 1 aliphatic rings. The molecule has 0 saturated heterocycles. The molecule has 3 rings (SSSR count). The number of thiophene rings is 1. The van der Waals surface area contributed by atoms with Crippen LogP contribution >= 0.6 is 11.3 Å². The van der Waals surface area contributed by atoms with E-state index in [1.54, 1.807) is 11.3 Å². The number of hydrogen-bond donors (Lipinski definition) is 0. The topological polar surface area (TPSA) is 52.8 Å². The van der Waals surface area contributed by atoms with E-state index in [1.807, 2.05) is 13.8 Å². The summed E-state index contributed by atoms with van der Waals surface area (Å²) in [5, 5.41) is 20.1. The van der Waals surface area contributed by atoms with Crippen molar-refractivity contribution < 1.29 is 0 Å². The van der Waals surface area contributed by atoms with E-state index < -0.39 is 0 Å². The summed E-state index contributed by atoms with van der Waals surface area (Å²) in [6, 6.07) is 6.99. The Morgan fingerprint density at radius 1 is 1.40 bits per heavy atom. The van der Waals surface area contributed by atoms with Crippen LogP contribution in [0.1, 0.15) is 34.5 Å². The van der Waals surface area contributed by atoms with Crippen molar-refractivity contribution in [2.75, 3.05) is 4.90 Å². The van der Waals surface area contributed by atoms with Crippen molar-refractivity contribution >= 4 is 17.2 Å². The Hall–Kier alpha value is -1.93. The van der Waals surface area contributed by atoms with Crippen molar-refractivity contribution in [1.29, 1.82) is 5.26 Å². The van der Waals surface area contributed by atoms with Crippen LogP contribution in [0.2, 0.25) is 0 Å². The Bertz CT molecular complexity index is 653. The average Bonchev–Trinajstić information content (AvgIpc) is 3.16. The smallest absolute Gasteiger partial charge is 0.170 e. The van der Waals surface area contributed by atoms with Crippen molar-refractivity contribution in [2.45, 2.75) is 39.3 Å². The number of hydrogen-bond acceptors (Lipinski definition) is 5. The van der Waals surface area contributed by atoms with Crippen LogP contribution in [0.15, 0.2) is 17.5 Å². The van der Waals surface area contributed by atoms with Crippen molar-refractivity contribution in [3.63, 3.8) is 0 Å². The van der Waals surface area contributed by atoms with Gasteiger partial charge in [-0.05, 0) is 43.7 Å². The van der Waals surface area contributed by atoms with Gasteiger partial charge in [-0.2, -0.15) is 10.4 Å². The third-order valence-electron chi connectivity index (χ3n) is 3.71. The molecule has 2 aromatic heterocycles. The summed E-state index contributed by atoms with van der Waals surface area (Å²) in [4.78, 5) is 3.53. The fraction of sp³-hybridized carbons (Fsp3) is 0.400. The minimum Gasteiger partial charge on any atom is -0.346 e. The average molecular weight is 284 g/mol. The Morgan fingerprint density at radius 3 is 2.80 bits per heavy atom. The zero-order valence-corrected chi connectivity index (χ0v) is 12.4. The quantitative estimate of drug-likeness (QED) is 0.865. The first kappa shape index (κ1) is 13.1. The molecule has 0 N–H and O–H groups in total. The number of nitriles is 1. The first-order valence-corrected chi connectivity index (χ1v) is 7.61. The van der Waals surface area contributed by atoms with Crippen molar-refractivity contribution in [3.8, 4) is 6.07 Å². The summed E-state index contributed by atoms with van der Waals surface area (Å²) in [7, 11) is 0. The number of nitrogens with zero attached hydrogens (tertiary/aromatic N) is 4. The summed E-state index contributed by atoms with van der Waals surface area (Å²) in [6.07, 6.45) is 2.34. The second kappa shape index (κ2) is 5.22. The van der Waals surface area contributed by atoms with Gasteiger partial charge in [0.25, 0.3) is 0 Å². The van der Waals surface area contributed by atoms with Crippen LogP contribution in [0.4, 0.5) is 5.82 Å². The van der Waals surface area contributed by atoms with Gasteiger partial charge in [-0.15, -0.1) is 16.4 Å². The Balaban J connectivity index is 2.00. The maximum absolute atomic E-state index is 9.46. The third kappa shape index (κ3) is 2.39. The van der Waals surface area contributed by atoms with Crippen LogP contribution in [0.25, 0.3) is 0 Å². The lowest BCUT2D eigenvalue weighted by Crippen LogP contribution is -2.27. The van der Waals surface area contributed by atoms with Crippen LogP contribution < -0.4 is 4.90 Å². The van der Waals surface area contributed by atoms with Crippen molar-refractivity contribution in [2.24, 2.45) is 0 Å². The fourth-order valence-electron chi connectivity index (χ4n) is 2.26. The maximum atomic E-state index is 9.46. The van der Waals surface area contributed by atoms with E-state index in [4.69, 9.17) is 0 Å².